The van der Waals surface area contributed by atoms with Crippen molar-refractivity contribution in [2.24, 2.45) is 0 Å². The van der Waals surface area contributed by atoms with E-state index in [-0.39, 0.29) is 11.8 Å². The van der Waals surface area contributed by atoms with E-state index in [0.29, 0.717) is 17.7 Å². The molecule has 0 aliphatic carbocycles. The van der Waals surface area contributed by atoms with Gasteiger partial charge in [-0.1, -0.05) is 13.8 Å². The minimum atomic E-state index is -0.125. The zero-order valence-electron chi connectivity index (χ0n) is 18.3. The van der Waals surface area contributed by atoms with Crippen molar-refractivity contribution in [1.29, 1.82) is 0 Å². The maximum atomic E-state index is 12.8. The smallest absolute Gasteiger partial charge is 0.256 e. The molecule has 2 heterocycles. The van der Waals surface area contributed by atoms with Gasteiger partial charge in [-0.25, -0.2) is 0 Å². The zero-order chi connectivity index (χ0) is 21.8. The Morgan fingerprint density at radius 1 is 1.23 bits per heavy atom. The summed E-state index contributed by atoms with van der Waals surface area (Å²) in [6, 6.07) is 5.95. The first kappa shape index (κ1) is 22.2. The van der Waals surface area contributed by atoms with Crippen LogP contribution in [0.1, 0.15) is 46.7 Å². The zero-order valence-corrected chi connectivity index (χ0v) is 19.1. The molecule has 30 heavy (non-hydrogen) atoms. The molecule has 0 saturated heterocycles. The number of likely N-dealkylation sites (N-methyl/N-ethyl adjacent to an activating group) is 1. The fourth-order valence-electron chi connectivity index (χ4n) is 3.80. The summed E-state index contributed by atoms with van der Waals surface area (Å²) in [5.74, 6) is -0.209. The first-order chi connectivity index (χ1) is 14.4. The SMILES string of the molecule is CCN(CC)CCNC(=O)c1c(C)[nH]c(/C=C2\C(=O)Nc3ccc(SC)cc32)c1C. The molecule has 0 radical (unpaired) electrons. The van der Waals surface area contributed by atoms with Crippen molar-refractivity contribution in [2.75, 3.05) is 37.8 Å². The number of carbonyl (C=O) groups excluding carboxylic acids is 2. The van der Waals surface area contributed by atoms with Crippen LogP contribution in [0, 0.1) is 13.8 Å². The van der Waals surface area contributed by atoms with Crippen LogP contribution in [-0.2, 0) is 4.79 Å². The predicted molar refractivity (Wildman–Crippen MR) is 125 cm³/mol. The molecule has 6 nitrogen and oxygen atoms in total. The van der Waals surface area contributed by atoms with Crippen molar-refractivity contribution in [3.63, 3.8) is 0 Å². The number of H-pyrrole nitrogens is 1. The molecule has 7 heteroatoms. The second-order valence-electron chi connectivity index (χ2n) is 7.37. The van der Waals surface area contributed by atoms with Gasteiger partial charge in [0.05, 0.1) is 11.1 Å². The Bertz CT molecular complexity index is 989. The molecular formula is C23H30N4O2S. The minimum Gasteiger partial charge on any atom is -0.358 e. The second-order valence-corrected chi connectivity index (χ2v) is 8.25. The lowest BCUT2D eigenvalue weighted by atomic mass is 10.0. The molecule has 1 aromatic heterocycles. The molecule has 0 saturated carbocycles. The first-order valence-corrected chi connectivity index (χ1v) is 11.5. The van der Waals surface area contributed by atoms with Crippen LogP contribution in [-0.4, -0.2) is 54.1 Å². The number of anilines is 1. The Kier molecular flexibility index (Phi) is 7.05. The van der Waals surface area contributed by atoms with Crippen molar-refractivity contribution >= 4 is 40.9 Å². The third-order valence-electron chi connectivity index (χ3n) is 5.61. The fourth-order valence-corrected chi connectivity index (χ4v) is 4.24. The lowest BCUT2D eigenvalue weighted by molar-refractivity contribution is -0.110. The third-order valence-corrected chi connectivity index (χ3v) is 6.33. The van der Waals surface area contributed by atoms with Crippen LogP contribution in [0.3, 0.4) is 0 Å². The maximum Gasteiger partial charge on any atom is 0.256 e. The quantitative estimate of drug-likeness (QED) is 0.442. The number of rotatable bonds is 8. The molecule has 0 spiro atoms. The average molecular weight is 427 g/mol. The third kappa shape index (κ3) is 4.47. The van der Waals surface area contributed by atoms with Crippen LogP contribution in [0.25, 0.3) is 11.6 Å². The number of aromatic amines is 1. The Morgan fingerprint density at radius 3 is 2.63 bits per heavy atom. The minimum absolute atomic E-state index is 0.0843. The molecule has 0 unspecified atom stereocenters. The van der Waals surface area contributed by atoms with Gasteiger partial charge in [0, 0.05) is 40.6 Å². The summed E-state index contributed by atoms with van der Waals surface area (Å²) in [7, 11) is 0. The van der Waals surface area contributed by atoms with E-state index in [1.807, 2.05) is 44.4 Å². The Morgan fingerprint density at radius 2 is 1.97 bits per heavy atom. The number of hydrogen-bond acceptors (Lipinski definition) is 4. The van der Waals surface area contributed by atoms with Gasteiger partial charge >= 0.3 is 0 Å². The molecule has 1 aromatic carbocycles. The van der Waals surface area contributed by atoms with Gasteiger partial charge in [0.2, 0.25) is 0 Å². The lowest BCUT2D eigenvalue weighted by Gasteiger charge is -2.18. The highest BCUT2D eigenvalue weighted by atomic mass is 32.2. The molecule has 0 atom stereocenters. The highest BCUT2D eigenvalue weighted by molar-refractivity contribution is 7.98. The number of hydrogen-bond donors (Lipinski definition) is 3. The summed E-state index contributed by atoms with van der Waals surface area (Å²) in [6.45, 7) is 11.4. The van der Waals surface area contributed by atoms with Crippen LogP contribution in [0.2, 0.25) is 0 Å². The molecular weight excluding hydrogens is 396 g/mol. The summed E-state index contributed by atoms with van der Waals surface area (Å²) in [4.78, 5) is 32.0. The second kappa shape index (κ2) is 9.53. The summed E-state index contributed by atoms with van der Waals surface area (Å²) in [5.41, 5.74) is 5.41. The summed E-state index contributed by atoms with van der Waals surface area (Å²) in [5, 5.41) is 5.94. The van der Waals surface area contributed by atoms with Gasteiger partial charge in [-0.05, 0) is 63.0 Å². The van der Waals surface area contributed by atoms with E-state index in [4.69, 9.17) is 0 Å². The van der Waals surface area contributed by atoms with E-state index in [1.165, 1.54) is 0 Å². The number of benzene rings is 1. The van der Waals surface area contributed by atoms with E-state index in [2.05, 4.69) is 34.4 Å². The molecule has 0 bridgehead atoms. The molecule has 1 aliphatic heterocycles. The lowest BCUT2D eigenvalue weighted by Crippen LogP contribution is -2.35. The Labute approximate surface area is 182 Å². The van der Waals surface area contributed by atoms with Gasteiger partial charge in [-0.3, -0.25) is 9.59 Å². The van der Waals surface area contributed by atoms with Gasteiger partial charge in [0.1, 0.15) is 0 Å². The van der Waals surface area contributed by atoms with Gasteiger partial charge in [0.25, 0.3) is 11.8 Å². The van der Waals surface area contributed by atoms with Crippen LogP contribution >= 0.6 is 11.8 Å². The van der Waals surface area contributed by atoms with E-state index in [1.54, 1.807) is 11.8 Å². The van der Waals surface area contributed by atoms with Crippen molar-refractivity contribution in [2.45, 2.75) is 32.6 Å². The summed E-state index contributed by atoms with van der Waals surface area (Å²) < 4.78 is 0. The van der Waals surface area contributed by atoms with E-state index in [0.717, 1.165) is 52.7 Å². The van der Waals surface area contributed by atoms with Crippen LogP contribution in [0.5, 0.6) is 0 Å². The standard InChI is InChI=1S/C23H30N4O2S/c1-6-27(7-2)11-10-24-23(29)21-14(3)20(25-15(21)4)13-18-17-12-16(30-5)8-9-19(17)26-22(18)28/h8-9,12-13,25H,6-7,10-11H2,1-5H3,(H,24,29)(H,26,28)/b18-13-. The van der Waals surface area contributed by atoms with Gasteiger partial charge in [-0.15, -0.1) is 11.8 Å². The number of nitrogens with one attached hydrogen (secondary N) is 3. The van der Waals surface area contributed by atoms with Crippen LogP contribution in [0.4, 0.5) is 5.69 Å². The Hall–Kier alpha value is -2.51. The van der Waals surface area contributed by atoms with Crippen molar-refractivity contribution in [3.05, 3.63) is 46.3 Å². The highest BCUT2D eigenvalue weighted by Gasteiger charge is 2.26. The van der Waals surface area contributed by atoms with Gasteiger partial charge < -0.3 is 20.5 Å². The predicted octanol–water partition coefficient (Wildman–Crippen LogP) is 3.92. The number of nitrogens with zero attached hydrogens (tertiary/aromatic N) is 1. The number of amides is 2. The maximum absolute atomic E-state index is 12.8. The number of aryl methyl sites for hydroxylation is 1. The van der Waals surface area contributed by atoms with Gasteiger partial charge in [0.15, 0.2) is 0 Å². The van der Waals surface area contributed by atoms with Crippen molar-refractivity contribution in [1.82, 2.24) is 15.2 Å². The molecule has 2 amide bonds. The van der Waals surface area contributed by atoms with Crippen LogP contribution in [0.15, 0.2) is 23.1 Å². The summed E-state index contributed by atoms with van der Waals surface area (Å²) >= 11 is 1.64. The monoisotopic (exact) mass is 426 g/mol. The fraction of sp³-hybridized carbons (Fsp3) is 0.391. The molecule has 2 aromatic rings. The average Bonchev–Trinajstić information content (AvgIpc) is 3.20. The van der Waals surface area contributed by atoms with Crippen molar-refractivity contribution < 1.29 is 9.59 Å². The first-order valence-electron chi connectivity index (χ1n) is 10.3. The van der Waals surface area contributed by atoms with E-state index >= 15 is 0 Å². The molecule has 160 valence electrons. The highest BCUT2D eigenvalue weighted by Crippen LogP contribution is 2.36. The van der Waals surface area contributed by atoms with E-state index in [9.17, 15) is 9.59 Å². The number of fused-ring (bicyclic) bond motifs is 1. The molecule has 0 fully saturated rings. The largest absolute Gasteiger partial charge is 0.358 e. The Balaban J connectivity index is 1.84. The molecule has 3 N–H and O–H groups in total. The van der Waals surface area contributed by atoms with E-state index < -0.39 is 0 Å². The van der Waals surface area contributed by atoms with Crippen molar-refractivity contribution in [3.8, 4) is 0 Å². The number of aromatic nitrogens is 1. The normalized spacial score (nSPS) is 14.3. The number of thioether (sulfide) groups is 1. The van der Waals surface area contributed by atoms with Crippen LogP contribution < -0.4 is 10.6 Å². The summed E-state index contributed by atoms with van der Waals surface area (Å²) in [6.07, 6.45) is 3.86. The molecule has 3 rings (SSSR count). The molecule has 1 aliphatic rings. The van der Waals surface area contributed by atoms with Gasteiger partial charge in [-0.2, -0.15) is 0 Å². The topological polar surface area (TPSA) is 77.2 Å². The number of carbonyl (C=O) groups is 2.